The maximum Gasteiger partial charge on any atom is 0.243 e. The number of aryl methyl sites for hydroxylation is 1. The minimum absolute atomic E-state index is 0.165. The average molecular weight is 405 g/mol. The minimum Gasteiger partial charge on any atom is -0.349 e. The zero-order valence-electron chi connectivity index (χ0n) is 16.1. The van der Waals surface area contributed by atoms with Gasteiger partial charge in [-0.15, -0.1) is 0 Å². The van der Waals surface area contributed by atoms with E-state index in [2.05, 4.69) is 5.32 Å². The van der Waals surface area contributed by atoms with Gasteiger partial charge in [0.25, 0.3) is 0 Å². The van der Waals surface area contributed by atoms with E-state index in [0.717, 1.165) is 11.1 Å². The number of carbonyl (C=O) groups excluding carboxylic acids is 1. The molecule has 0 spiro atoms. The number of piperidine rings is 1. The molecule has 5 nitrogen and oxygen atoms in total. The molecule has 0 unspecified atom stereocenters. The Kier molecular flexibility index (Phi) is 6.15. The van der Waals surface area contributed by atoms with E-state index in [1.54, 1.807) is 36.4 Å². The summed E-state index contributed by atoms with van der Waals surface area (Å²) < 4.78 is 40.3. The van der Waals surface area contributed by atoms with Gasteiger partial charge in [-0.05, 0) is 56.5 Å². The van der Waals surface area contributed by atoms with Crippen LogP contribution in [0.1, 0.15) is 36.9 Å². The van der Waals surface area contributed by atoms with E-state index in [0.29, 0.717) is 19.4 Å². The van der Waals surface area contributed by atoms with Gasteiger partial charge in [-0.3, -0.25) is 4.79 Å². The Morgan fingerprint density at radius 2 is 1.79 bits per heavy atom. The number of hydrogen-bond acceptors (Lipinski definition) is 3. The van der Waals surface area contributed by atoms with Crippen LogP contribution in [-0.4, -0.2) is 31.7 Å². The molecule has 0 saturated carbocycles. The van der Waals surface area contributed by atoms with Gasteiger partial charge in [0.1, 0.15) is 5.82 Å². The van der Waals surface area contributed by atoms with Crippen LogP contribution in [0.2, 0.25) is 0 Å². The van der Waals surface area contributed by atoms with Crippen LogP contribution < -0.4 is 5.32 Å². The fourth-order valence-electron chi connectivity index (χ4n) is 3.40. The summed E-state index contributed by atoms with van der Waals surface area (Å²) >= 11 is 0. The van der Waals surface area contributed by atoms with Crippen molar-refractivity contribution in [3.05, 3.63) is 65.5 Å². The van der Waals surface area contributed by atoms with E-state index >= 15 is 0 Å². The van der Waals surface area contributed by atoms with Gasteiger partial charge in [0.05, 0.1) is 16.9 Å². The number of hydrogen-bond donors (Lipinski definition) is 1. The summed E-state index contributed by atoms with van der Waals surface area (Å²) in [7, 11) is -3.62. The molecular weight excluding hydrogens is 379 g/mol. The number of amides is 1. The fraction of sp³-hybridized carbons (Fsp3) is 0.381. The number of nitrogens with zero attached hydrogens (tertiary/aromatic N) is 1. The van der Waals surface area contributed by atoms with Crippen molar-refractivity contribution >= 4 is 15.9 Å². The van der Waals surface area contributed by atoms with Gasteiger partial charge >= 0.3 is 0 Å². The molecule has 3 rings (SSSR count). The predicted octanol–water partition coefficient (Wildman–Crippen LogP) is 3.41. The Labute approximate surface area is 165 Å². The predicted molar refractivity (Wildman–Crippen MR) is 106 cm³/mol. The van der Waals surface area contributed by atoms with Crippen molar-refractivity contribution in [3.63, 3.8) is 0 Å². The van der Waals surface area contributed by atoms with Gasteiger partial charge in [-0.2, -0.15) is 4.31 Å². The molecule has 1 heterocycles. The lowest BCUT2D eigenvalue weighted by atomic mass is 9.98. The van der Waals surface area contributed by atoms with E-state index in [-0.39, 0.29) is 29.2 Å². The second-order valence-corrected chi connectivity index (χ2v) is 9.24. The van der Waals surface area contributed by atoms with E-state index in [1.807, 2.05) is 13.8 Å². The van der Waals surface area contributed by atoms with Crippen molar-refractivity contribution in [2.24, 2.45) is 5.92 Å². The first-order chi connectivity index (χ1) is 13.3. The van der Waals surface area contributed by atoms with E-state index in [1.165, 1.54) is 16.4 Å². The average Bonchev–Trinajstić information content (AvgIpc) is 2.69. The molecular formula is C21H25FN2O3S. The first-order valence-electron chi connectivity index (χ1n) is 9.40. The number of rotatable bonds is 5. The van der Waals surface area contributed by atoms with Crippen LogP contribution in [-0.2, 0) is 14.8 Å². The smallest absolute Gasteiger partial charge is 0.243 e. The Morgan fingerprint density at radius 3 is 2.43 bits per heavy atom. The molecule has 0 aliphatic carbocycles. The first-order valence-corrected chi connectivity index (χ1v) is 10.8. The number of sulfonamides is 1. The van der Waals surface area contributed by atoms with Crippen LogP contribution in [0.4, 0.5) is 4.39 Å². The highest BCUT2D eigenvalue weighted by Crippen LogP contribution is 2.25. The summed E-state index contributed by atoms with van der Waals surface area (Å²) in [4.78, 5) is 12.9. The van der Waals surface area contributed by atoms with Crippen LogP contribution in [0.15, 0.2) is 53.4 Å². The van der Waals surface area contributed by atoms with Crippen molar-refractivity contribution in [1.29, 1.82) is 0 Å². The number of carbonyl (C=O) groups is 1. The standard InChI is InChI=1S/C21H25FN2O3S/c1-15-5-11-20(12-6-15)28(26,27)24-13-3-4-18(14-24)21(25)23-16(2)17-7-9-19(22)10-8-17/h5-12,16,18H,3-4,13-14H2,1-2H3,(H,23,25)/t16-,18-/m1/s1. The molecule has 1 aliphatic rings. The van der Waals surface area contributed by atoms with Crippen LogP contribution in [0.5, 0.6) is 0 Å². The summed E-state index contributed by atoms with van der Waals surface area (Å²) in [6.07, 6.45) is 1.27. The molecule has 2 atom stereocenters. The van der Waals surface area contributed by atoms with E-state index < -0.39 is 15.9 Å². The minimum atomic E-state index is -3.62. The zero-order valence-corrected chi connectivity index (χ0v) is 16.9. The molecule has 2 aromatic carbocycles. The van der Waals surface area contributed by atoms with E-state index in [9.17, 15) is 17.6 Å². The van der Waals surface area contributed by atoms with Crippen LogP contribution in [0, 0.1) is 18.7 Å². The Bertz CT molecular complexity index is 927. The summed E-state index contributed by atoms with van der Waals surface area (Å²) in [5, 5.41) is 2.92. The lowest BCUT2D eigenvalue weighted by Gasteiger charge is -2.32. The fourth-order valence-corrected chi connectivity index (χ4v) is 4.92. The monoisotopic (exact) mass is 404 g/mol. The third-order valence-electron chi connectivity index (χ3n) is 5.14. The summed E-state index contributed by atoms with van der Waals surface area (Å²) in [5.41, 5.74) is 1.79. The van der Waals surface area contributed by atoms with Crippen molar-refractivity contribution < 1.29 is 17.6 Å². The van der Waals surface area contributed by atoms with Gasteiger partial charge in [0, 0.05) is 13.1 Å². The van der Waals surface area contributed by atoms with Crippen LogP contribution in [0.25, 0.3) is 0 Å². The Hall–Kier alpha value is -2.25. The highest BCUT2D eigenvalue weighted by atomic mass is 32.2. The molecule has 1 fully saturated rings. The van der Waals surface area contributed by atoms with Crippen molar-refractivity contribution in [2.75, 3.05) is 13.1 Å². The molecule has 150 valence electrons. The Morgan fingerprint density at radius 1 is 1.14 bits per heavy atom. The molecule has 1 aliphatic heterocycles. The molecule has 1 saturated heterocycles. The highest BCUT2D eigenvalue weighted by molar-refractivity contribution is 7.89. The second kappa shape index (κ2) is 8.41. The molecule has 0 radical (unpaired) electrons. The maximum atomic E-state index is 13.1. The van der Waals surface area contributed by atoms with Gasteiger partial charge in [-0.25, -0.2) is 12.8 Å². The summed E-state index contributed by atoms with van der Waals surface area (Å²) in [5.74, 6) is -0.913. The first kappa shape index (κ1) is 20.5. The van der Waals surface area contributed by atoms with Crippen LogP contribution >= 0.6 is 0 Å². The SMILES string of the molecule is Cc1ccc(S(=O)(=O)N2CCC[C@@H](C(=O)N[C@H](C)c3ccc(F)cc3)C2)cc1. The molecule has 1 amide bonds. The lowest BCUT2D eigenvalue weighted by Crippen LogP contribution is -2.45. The number of benzene rings is 2. The van der Waals surface area contributed by atoms with Crippen molar-refractivity contribution in [2.45, 2.75) is 37.6 Å². The zero-order chi connectivity index (χ0) is 20.3. The number of halogens is 1. The third-order valence-corrected chi connectivity index (χ3v) is 7.02. The summed E-state index contributed by atoms with van der Waals surface area (Å²) in [6.45, 7) is 4.31. The lowest BCUT2D eigenvalue weighted by molar-refractivity contribution is -0.126. The molecule has 0 bridgehead atoms. The molecule has 28 heavy (non-hydrogen) atoms. The van der Waals surface area contributed by atoms with Crippen molar-refractivity contribution in [1.82, 2.24) is 9.62 Å². The number of nitrogens with one attached hydrogen (secondary N) is 1. The normalized spacial score (nSPS) is 19.2. The summed E-state index contributed by atoms with van der Waals surface area (Å²) in [6, 6.07) is 12.4. The van der Waals surface area contributed by atoms with Gasteiger partial charge in [-0.1, -0.05) is 29.8 Å². The largest absolute Gasteiger partial charge is 0.349 e. The van der Waals surface area contributed by atoms with Gasteiger partial charge < -0.3 is 5.32 Å². The van der Waals surface area contributed by atoms with Gasteiger partial charge in [0.2, 0.25) is 15.9 Å². The topological polar surface area (TPSA) is 66.5 Å². The second-order valence-electron chi connectivity index (χ2n) is 7.30. The van der Waals surface area contributed by atoms with Crippen LogP contribution in [0.3, 0.4) is 0 Å². The molecule has 1 N–H and O–H groups in total. The quantitative estimate of drug-likeness (QED) is 0.830. The molecule has 0 aromatic heterocycles. The third kappa shape index (κ3) is 4.59. The van der Waals surface area contributed by atoms with E-state index in [4.69, 9.17) is 0 Å². The molecule has 2 aromatic rings. The molecule has 7 heteroatoms. The highest BCUT2D eigenvalue weighted by Gasteiger charge is 2.33. The van der Waals surface area contributed by atoms with Crippen molar-refractivity contribution in [3.8, 4) is 0 Å². The Balaban J connectivity index is 1.67. The van der Waals surface area contributed by atoms with Gasteiger partial charge in [0.15, 0.2) is 0 Å². The maximum absolute atomic E-state index is 13.1.